The number of ether oxygens (including phenoxy) is 1. The van der Waals surface area contributed by atoms with E-state index in [2.05, 4.69) is 18.4 Å². The van der Waals surface area contributed by atoms with Crippen molar-refractivity contribution in [3.05, 3.63) is 18.2 Å². The maximum atomic E-state index is 12.4. The molecule has 1 N–H and O–H groups in total. The normalized spacial score (nSPS) is 16.5. The summed E-state index contributed by atoms with van der Waals surface area (Å²) in [4.78, 5) is 2.37. The number of fused-ring (bicyclic) bond motifs is 1. The number of rotatable bonds is 5. The summed E-state index contributed by atoms with van der Waals surface area (Å²) in [6.07, 6.45) is 0. The van der Waals surface area contributed by atoms with Gasteiger partial charge in [-0.3, -0.25) is 4.90 Å². The van der Waals surface area contributed by atoms with E-state index in [1.54, 1.807) is 18.2 Å². The highest BCUT2D eigenvalue weighted by atomic mass is 35.5. The van der Waals surface area contributed by atoms with Crippen molar-refractivity contribution in [1.29, 1.82) is 0 Å². The van der Waals surface area contributed by atoms with Crippen molar-refractivity contribution in [3.8, 4) is 0 Å². The fourth-order valence-corrected chi connectivity index (χ4v) is 4.02. The van der Waals surface area contributed by atoms with Crippen LogP contribution < -0.4 is 4.72 Å². The van der Waals surface area contributed by atoms with Gasteiger partial charge in [0.1, 0.15) is 15.9 Å². The third-order valence-corrected chi connectivity index (χ3v) is 5.40. The number of nitrogens with zero attached hydrogens (tertiary/aromatic N) is 3. The first kappa shape index (κ1) is 17.5. The summed E-state index contributed by atoms with van der Waals surface area (Å²) in [6, 6.07) is 4.99. The third-order valence-electron chi connectivity index (χ3n) is 3.36. The van der Waals surface area contributed by atoms with Crippen molar-refractivity contribution in [3.63, 3.8) is 0 Å². The van der Waals surface area contributed by atoms with Gasteiger partial charge < -0.3 is 4.74 Å². The number of sulfonamides is 1. The second-order valence-corrected chi connectivity index (χ2v) is 7.00. The van der Waals surface area contributed by atoms with Crippen molar-refractivity contribution in [1.82, 2.24) is 18.4 Å². The monoisotopic (exact) mass is 364 g/mol. The average Bonchev–Trinajstić information content (AvgIpc) is 2.96. The molecule has 1 fully saturated rings. The number of morpholine rings is 1. The Morgan fingerprint density at radius 2 is 2.05 bits per heavy atom. The molecule has 1 saturated heterocycles. The molecule has 10 heteroatoms. The van der Waals surface area contributed by atoms with E-state index >= 15 is 0 Å². The summed E-state index contributed by atoms with van der Waals surface area (Å²) in [5.74, 6) is 0. The van der Waals surface area contributed by atoms with Gasteiger partial charge in [0.15, 0.2) is 0 Å². The summed E-state index contributed by atoms with van der Waals surface area (Å²) in [7, 11) is -3.56. The fourth-order valence-electron chi connectivity index (χ4n) is 2.24. The van der Waals surface area contributed by atoms with Crippen LogP contribution >= 0.6 is 24.1 Å². The maximum absolute atomic E-state index is 12.4. The van der Waals surface area contributed by atoms with Crippen molar-refractivity contribution >= 4 is 45.2 Å². The van der Waals surface area contributed by atoms with Crippen LogP contribution in [0, 0.1) is 0 Å². The van der Waals surface area contributed by atoms with Crippen molar-refractivity contribution in [2.75, 3.05) is 39.4 Å². The van der Waals surface area contributed by atoms with E-state index in [1.807, 2.05) is 0 Å². The Hall–Kier alpha value is -0.840. The highest BCUT2D eigenvalue weighted by molar-refractivity contribution is 7.89. The third kappa shape index (κ3) is 3.92. The Morgan fingerprint density at radius 1 is 1.27 bits per heavy atom. The molecule has 1 aliphatic rings. The van der Waals surface area contributed by atoms with Crippen molar-refractivity contribution in [2.45, 2.75) is 4.90 Å². The Bertz CT molecular complexity index is 716. The standard InChI is InChI=1S/C12H16N4O3S2.ClH/c17-21(18,13-4-5-16-6-8-19-9-7-16)11-3-1-2-10-12(11)15-20-14-10;/h1-3,13H,4-9H2;1H. The largest absolute Gasteiger partial charge is 0.379 e. The lowest BCUT2D eigenvalue weighted by Crippen LogP contribution is -2.41. The first-order valence-electron chi connectivity index (χ1n) is 6.68. The molecule has 2 aromatic rings. The van der Waals surface area contributed by atoms with Gasteiger partial charge in [-0.05, 0) is 12.1 Å². The minimum absolute atomic E-state index is 0. The number of aromatic nitrogens is 2. The van der Waals surface area contributed by atoms with Crippen LogP contribution in [-0.4, -0.2) is 61.5 Å². The number of halogens is 1. The summed E-state index contributed by atoms with van der Waals surface area (Å²) in [5, 5.41) is 0. The predicted molar refractivity (Wildman–Crippen MR) is 87.1 cm³/mol. The SMILES string of the molecule is Cl.O=S(=O)(NCCN1CCOCC1)c1cccc2nsnc12. The quantitative estimate of drug-likeness (QED) is 0.841. The van der Waals surface area contributed by atoms with Crippen LogP contribution in [0.3, 0.4) is 0 Å². The van der Waals surface area contributed by atoms with Gasteiger partial charge in [-0.1, -0.05) is 6.07 Å². The van der Waals surface area contributed by atoms with Crippen LogP contribution in [0.4, 0.5) is 0 Å². The average molecular weight is 365 g/mol. The predicted octanol–water partition coefficient (Wildman–Crippen LogP) is 0.724. The number of hydrogen-bond acceptors (Lipinski definition) is 7. The minimum Gasteiger partial charge on any atom is -0.379 e. The van der Waals surface area contributed by atoms with Crippen molar-refractivity contribution in [2.24, 2.45) is 0 Å². The Labute approximate surface area is 139 Å². The van der Waals surface area contributed by atoms with Gasteiger partial charge in [0, 0.05) is 26.2 Å². The van der Waals surface area contributed by atoms with E-state index < -0.39 is 10.0 Å². The first-order chi connectivity index (χ1) is 10.2. The second-order valence-electron chi connectivity index (χ2n) is 4.74. The van der Waals surface area contributed by atoms with E-state index in [1.165, 1.54) is 0 Å². The lowest BCUT2D eigenvalue weighted by atomic mass is 10.3. The Balaban J connectivity index is 0.00000176. The van der Waals surface area contributed by atoms with E-state index in [4.69, 9.17) is 4.74 Å². The smallest absolute Gasteiger partial charge is 0.242 e. The van der Waals surface area contributed by atoms with Gasteiger partial charge in [0.2, 0.25) is 10.0 Å². The van der Waals surface area contributed by atoms with E-state index in [0.717, 1.165) is 24.8 Å². The Morgan fingerprint density at radius 3 is 2.82 bits per heavy atom. The highest BCUT2D eigenvalue weighted by Gasteiger charge is 2.19. The van der Waals surface area contributed by atoms with E-state index in [0.29, 0.717) is 37.3 Å². The molecule has 7 nitrogen and oxygen atoms in total. The summed E-state index contributed by atoms with van der Waals surface area (Å²) in [6.45, 7) is 4.14. The van der Waals surface area contributed by atoms with Gasteiger partial charge >= 0.3 is 0 Å². The second kappa shape index (κ2) is 7.62. The maximum Gasteiger partial charge on any atom is 0.242 e. The van der Waals surface area contributed by atoms with Crippen LogP contribution in [-0.2, 0) is 14.8 Å². The number of benzene rings is 1. The molecule has 1 aromatic heterocycles. The molecule has 0 bridgehead atoms. The summed E-state index contributed by atoms with van der Waals surface area (Å²) < 4.78 is 40.8. The lowest BCUT2D eigenvalue weighted by Gasteiger charge is -2.26. The fraction of sp³-hybridized carbons (Fsp3) is 0.500. The van der Waals surface area contributed by atoms with E-state index in [9.17, 15) is 8.42 Å². The summed E-state index contributed by atoms with van der Waals surface area (Å²) >= 11 is 1.02. The van der Waals surface area contributed by atoms with Crippen LogP contribution in [0.5, 0.6) is 0 Å². The van der Waals surface area contributed by atoms with Crippen LogP contribution in [0.1, 0.15) is 0 Å². The van der Waals surface area contributed by atoms with Gasteiger partial charge in [0.25, 0.3) is 0 Å². The number of hydrogen-bond donors (Lipinski definition) is 1. The van der Waals surface area contributed by atoms with E-state index in [-0.39, 0.29) is 17.3 Å². The molecule has 0 saturated carbocycles. The molecule has 0 spiro atoms. The zero-order chi connectivity index (χ0) is 14.7. The van der Waals surface area contributed by atoms with Gasteiger partial charge in [-0.25, -0.2) is 13.1 Å². The summed E-state index contributed by atoms with van der Waals surface area (Å²) in [5.41, 5.74) is 1.04. The molecular formula is C12H17ClN4O3S2. The minimum atomic E-state index is -3.56. The molecular weight excluding hydrogens is 348 g/mol. The highest BCUT2D eigenvalue weighted by Crippen LogP contribution is 2.20. The molecule has 0 unspecified atom stereocenters. The zero-order valence-electron chi connectivity index (χ0n) is 11.8. The molecule has 22 heavy (non-hydrogen) atoms. The van der Waals surface area contributed by atoms with Crippen LogP contribution in [0.25, 0.3) is 11.0 Å². The van der Waals surface area contributed by atoms with Gasteiger partial charge in [0.05, 0.1) is 24.9 Å². The molecule has 1 aromatic carbocycles. The zero-order valence-corrected chi connectivity index (χ0v) is 14.2. The molecule has 0 radical (unpaired) electrons. The molecule has 1 aliphatic heterocycles. The van der Waals surface area contributed by atoms with Gasteiger partial charge in [-0.15, -0.1) is 12.4 Å². The van der Waals surface area contributed by atoms with Gasteiger partial charge in [-0.2, -0.15) is 8.75 Å². The molecule has 0 amide bonds. The molecule has 3 rings (SSSR count). The first-order valence-corrected chi connectivity index (χ1v) is 8.89. The molecule has 0 atom stereocenters. The Kier molecular flexibility index (Phi) is 6.07. The topological polar surface area (TPSA) is 84.4 Å². The van der Waals surface area contributed by atoms with Crippen LogP contribution in [0.15, 0.2) is 23.1 Å². The number of nitrogens with one attached hydrogen (secondary N) is 1. The lowest BCUT2D eigenvalue weighted by molar-refractivity contribution is 0.0390. The van der Waals surface area contributed by atoms with Crippen LogP contribution in [0.2, 0.25) is 0 Å². The molecule has 0 aliphatic carbocycles. The molecule has 122 valence electrons. The molecule has 2 heterocycles. The van der Waals surface area contributed by atoms with Crippen molar-refractivity contribution < 1.29 is 13.2 Å².